The van der Waals surface area contributed by atoms with Crippen LogP contribution in [-0.2, 0) is 22.5 Å². The first-order chi connectivity index (χ1) is 16.4. The van der Waals surface area contributed by atoms with E-state index in [1.807, 2.05) is 24.3 Å². The molecule has 1 unspecified atom stereocenters. The molecule has 0 aromatic heterocycles. The van der Waals surface area contributed by atoms with Gasteiger partial charge in [0.15, 0.2) is 17.7 Å². The first-order valence-corrected chi connectivity index (χ1v) is 11.5. The second kappa shape index (κ2) is 13.5. The van der Waals surface area contributed by atoms with Gasteiger partial charge in [-0.3, -0.25) is 4.90 Å². The largest absolute Gasteiger partial charge is 0.492 e. The zero-order valence-corrected chi connectivity index (χ0v) is 21.4. The fourth-order valence-electron chi connectivity index (χ4n) is 4.72. The lowest BCUT2D eigenvalue weighted by atomic mass is 10.1. The predicted molar refractivity (Wildman–Crippen MR) is 134 cm³/mol. The molecule has 11 heteroatoms. The Morgan fingerprint density at radius 1 is 1.08 bits per heavy atom. The van der Waals surface area contributed by atoms with Crippen LogP contribution < -0.4 is 10.1 Å². The van der Waals surface area contributed by atoms with Crippen LogP contribution in [0, 0.1) is 29.3 Å². The van der Waals surface area contributed by atoms with Gasteiger partial charge in [-0.1, -0.05) is 12.1 Å². The maximum Gasteiger partial charge on any atom is 0.333 e. The van der Waals surface area contributed by atoms with E-state index in [9.17, 15) is 23.1 Å². The van der Waals surface area contributed by atoms with Crippen LogP contribution in [-0.4, -0.2) is 61.0 Å². The number of benzene rings is 2. The number of ether oxygens (including phenoxy) is 2. The number of carbonyl (C=O) groups is 1. The van der Waals surface area contributed by atoms with Crippen LogP contribution in [0.2, 0.25) is 0 Å². The highest BCUT2D eigenvalue weighted by Gasteiger charge is 2.55. The SMILES string of the molecule is CCO[C@@H](Cc1ccc(OCCN[C@H]2C3CN(Cc4cc(F)c(F)cc4F)C[C@@H]32)cc1)C(=O)O.Cl.Cl. The molecule has 1 aliphatic carbocycles. The molecule has 2 fully saturated rings. The van der Waals surface area contributed by atoms with Crippen LogP contribution in [0.5, 0.6) is 5.75 Å². The summed E-state index contributed by atoms with van der Waals surface area (Å²) in [5.41, 5.74) is 1.05. The molecule has 1 heterocycles. The molecular weight excluding hydrogens is 520 g/mol. The number of fused-ring (bicyclic) bond motifs is 1. The summed E-state index contributed by atoms with van der Waals surface area (Å²) in [5, 5.41) is 12.7. The highest BCUT2D eigenvalue weighted by molar-refractivity contribution is 5.85. The third kappa shape index (κ3) is 7.49. The van der Waals surface area contributed by atoms with E-state index in [0.29, 0.717) is 55.9 Å². The van der Waals surface area contributed by atoms with Crippen LogP contribution >= 0.6 is 24.8 Å². The van der Waals surface area contributed by atoms with E-state index in [4.69, 9.17) is 9.47 Å². The molecule has 2 aromatic rings. The molecule has 2 aromatic carbocycles. The second-order valence-electron chi connectivity index (χ2n) is 8.84. The van der Waals surface area contributed by atoms with E-state index in [0.717, 1.165) is 24.7 Å². The Hall–Kier alpha value is -2.04. The van der Waals surface area contributed by atoms with Crippen molar-refractivity contribution in [1.82, 2.24) is 10.2 Å². The topological polar surface area (TPSA) is 71.0 Å². The molecule has 4 rings (SSSR count). The van der Waals surface area contributed by atoms with E-state index in [2.05, 4.69) is 10.2 Å². The van der Waals surface area contributed by atoms with Crippen LogP contribution in [0.1, 0.15) is 18.1 Å². The van der Waals surface area contributed by atoms with Crippen molar-refractivity contribution in [1.29, 1.82) is 0 Å². The van der Waals surface area contributed by atoms with Crippen molar-refractivity contribution in [2.24, 2.45) is 11.8 Å². The lowest BCUT2D eigenvalue weighted by Gasteiger charge is -2.20. The summed E-state index contributed by atoms with van der Waals surface area (Å²) in [4.78, 5) is 13.3. The molecule has 1 aliphatic heterocycles. The minimum Gasteiger partial charge on any atom is -0.492 e. The molecule has 1 saturated heterocycles. The smallest absolute Gasteiger partial charge is 0.333 e. The lowest BCUT2D eigenvalue weighted by molar-refractivity contribution is -0.149. The molecule has 200 valence electrons. The summed E-state index contributed by atoms with van der Waals surface area (Å²) in [6, 6.07) is 9.26. The van der Waals surface area contributed by atoms with E-state index < -0.39 is 29.5 Å². The Morgan fingerprint density at radius 3 is 2.33 bits per heavy atom. The average Bonchev–Trinajstić information content (AvgIpc) is 3.25. The van der Waals surface area contributed by atoms with E-state index in [-0.39, 0.29) is 36.9 Å². The van der Waals surface area contributed by atoms with E-state index >= 15 is 0 Å². The average molecular weight is 551 g/mol. The van der Waals surface area contributed by atoms with Gasteiger partial charge < -0.3 is 19.9 Å². The number of carboxylic acids is 1. The van der Waals surface area contributed by atoms with Crippen molar-refractivity contribution >= 4 is 30.8 Å². The predicted octanol–water partition coefficient (Wildman–Crippen LogP) is 4.08. The molecule has 0 amide bonds. The maximum absolute atomic E-state index is 13.9. The molecule has 6 nitrogen and oxygen atoms in total. The Labute approximate surface area is 221 Å². The van der Waals surface area contributed by atoms with Crippen molar-refractivity contribution < 1.29 is 32.5 Å². The molecule has 1 saturated carbocycles. The Balaban J connectivity index is 0.00000228. The summed E-state index contributed by atoms with van der Waals surface area (Å²) in [6.07, 6.45) is -0.555. The van der Waals surface area contributed by atoms with Crippen LogP contribution in [0.4, 0.5) is 13.2 Å². The molecule has 36 heavy (non-hydrogen) atoms. The number of likely N-dealkylation sites (tertiary alicyclic amines) is 1. The normalized spacial score (nSPS) is 21.2. The molecule has 0 spiro atoms. The standard InChI is InChI=1S/C25H29F3N2O4.2ClH/c1-2-33-23(25(31)32)9-15-3-5-17(6-4-15)34-8-7-29-24-18-13-30(14-19(18)24)12-16-10-21(27)22(28)11-20(16)26;;/h3-6,10-11,18-19,23-24,29H,2,7-9,12-14H2,1H3,(H,31,32);2*1H/t18-,19?,23-,24+;;/m0../s1. The Kier molecular flexibility index (Phi) is 11.3. The minimum absolute atomic E-state index is 0. The van der Waals surface area contributed by atoms with Gasteiger partial charge in [-0.2, -0.15) is 0 Å². The van der Waals surface area contributed by atoms with Gasteiger partial charge in [0.2, 0.25) is 0 Å². The van der Waals surface area contributed by atoms with E-state index in [1.54, 1.807) is 6.92 Å². The van der Waals surface area contributed by atoms with Gasteiger partial charge in [0.05, 0.1) is 0 Å². The van der Waals surface area contributed by atoms with Gasteiger partial charge in [0.1, 0.15) is 18.2 Å². The monoisotopic (exact) mass is 550 g/mol. The van der Waals surface area contributed by atoms with Crippen molar-refractivity contribution in [2.75, 3.05) is 32.8 Å². The number of halogens is 5. The molecule has 4 atom stereocenters. The second-order valence-corrected chi connectivity index (χ2v) is 8.84. The molecule has 0 radical (unpaired) electrons. The maximum atomic E-state index is 13.9. The molecular formula is C25H31Cl2F3N2O4. The first kappa shape index (κ1) is 30.2. The van der Waals surface area contributed by atoms with E-state index in [1.165, 1.54) is 0 Å². The summed E-state index contributed by atoms with van der Waals surface area (Å²) in [7, 11) is 0. The van der Waals surface area contributed by atoms with Crippen LogP contribution in [0.3, 0.4) is 0 Å². The quantitative estimate of drug-likeness (QED) is 0.306. The van der Waals surface area contributed by atoms with Crippen LogP contribution in [0.25, 0.3) is 0 Å². The van der Waals surface area contributed by atoms with Crippen molar-refractivity contribution in [3.8, 4) is 5.75 Å². The summed E-state index contributed by atoms with van der Waals surface area (Å²) >= 11 is 0. The fourth-order valence-corrected chi connectivity index (χ4v) is 4.72. The third-order valence-corrected chi connectivity index (χ3v) is 6.49. The Bertz CT molecular complexity index is 1000. The van der Waals surface area contributed by atoms with Gasteiger partial charge in [0, 0.05) is 56.9 Å². The number of piperidine rings is 1. The summed E-state index contributed by atoms with van der Waals surface area (Å²) < 4.78 is 51.4. The summed E-state index contributed by atoms with van der Waals surface area (Å²) in [5.74, 6) is -2.22. The molecule has 0 bridgehead atoms. The van der Waals surface area contributed by atoms with Gasteiger partial charge in [0.25, 0.3) is 0 Å². The van der Waals surface area contributed by atoms with Crippen molar-refractivity contribution in [3.63, 3.8) is 0 Å². The highest BCUT2D eigenvalue weighted by atomic mass is 35.5. The zero-order valence-electron chi connectivity index (χ0n) is 19.8. The van der Waals surface area contributed by atoms with Gasteiger partial charge in [-0.15, -0.1) is 24.8 Å². The first-order valence-electron chi connectivity index (χ1n) is 11.5. The molecule has 2 aliphatic rings. The number of nitrogens with zero attached hydrogens (tertiary/aromatic N) is 1. The molecule has 2 N–H and O–H groups in total. The van der Waals surface area contributed by atoms with Gasteiger partial charge in [-0.25, -0.2) is 18.0 Å². The van der Waals surface area contributed by atoms with Crippen LogP contribution in [0.15, 0.2) is 36.4 Å². The van der Waals surface area contributed by atoms with Crippen molar-refractivity contribution in [2.45, 2.75) is 32.0 Å². The number of hydrogen-bond acceptors (Lipinski definition) is 5. The number of carboxylic acid groups (broad SMARTS) is 1. The fraction of sp³-hybridized carbons (Fsp3) is 0.480. The number of nitrogens with one attached hydrogen (secondary N) is 1. The zero-order chi connectivity index (χ0) is 24.2. The van der Waals surface area contributed by atoms with Gasteiger partial charge in [-0.05, 0) is 42.5 Å². The number of hydrogen-bond donors (Lipinski definition) is 2. The van der Waals surface area contributed by atoms with Gasteiger partial charge >= 0.3 is 5.97 Å². The highest BCUT2D eigenvalue weighted by Crippen LogP contribution is 2.45. The number of rotatable bonds is 12. The lowest BCUT2D eigenvalue weighted by Crippen LogP contribution is -2.33. The number of aliphatic carboxylic acids is 1. The van der Waals surface area contributed by atoms with Crippen molar-refractivity contribution in [3.05, 3.63) is 65.0 Å². The Morgan fingerprint density at radius 2 is 1.72 bits per heavy atom. The minimum atomic E-state index is -1.17. The third-order valence-electron chi connectivity index (χ3n) is 6.49. The summed E-state index contributed by atoms with van der Waals surface area (Å²) in [6.45, 7) is 5.16.